The van der Waals surface area contributed by atoms with Gasteiger partial charge in [0.25, 0.3) is 0 Å². The van der Waals surface area contributed by atoms with Gasteiger partial charge in [-0.15, -0.1) is 0 Å². The predicted molar refractivity (Wildman–Crippen MR) is 113 cm³/mol. The van der Waals surface area contributed by atoms with Gasteiger partial charge in [-0.2, -0.15) is 4.98 Å². The van der Waals surface area contributed by atoms with Gasteiger partial charge < -0.3 is 25.8 Å². The number of aliphatic hydroxyl groups excluding tert-OH is 1. The van der Waals surface area contributed by atoms with Gasteiger partial charge in [-0.25, -0.2) is 4.98 Å². The van der Waals surface area contributed by atoms with Crippen molar-refractivity contribution < 1.29 is 9.84 Å². The summed E-state index contributed by atoms with van der Waals surface area (Å²) in [5.41, 5.74) is 1.97. The molecule has 1 saturated carbocycles. The summed E-state index contributed by atoms with van der Waals surface area (Å²) in [5.74, 6) is 2.59. The van der Waals surface area contributed by atoms with E-state index in [0.29, 0.717) is 23.7 Å². The second-order valence-electron chi connectivity index (χ2n) is 7.91. The number of nitrogens with zero attached hydrogens (tertiary/aromatic N) is 3. The molecule has 1 aliphatic carbocycles. The molecule has 2 aliphatic rings. The van der Waals surface area contributed by atoms with Crippen molar-refractivity contribution in [3.63, 3.8) is 0 Å². The zero-order valence-corrected chi connectivity index (χ0v) is 16.9. The van der Waals surface area contributed by atoms with Crippen LogP contribution >= 0.6 is 0 Å². The third-order valence-electron chi connectivity index (χ3n) is 5.84. The quantitative estimate of drug-likeness (QED) is 0.589. The van der Waals surface area contributed by atoms with Gasteiger partial charge in [-0.1, -0.05) is 0 Å². The molecule has 0 bridgehead atoms. The van der Waals surface area contributed by atoms with Crippen LogP contribution in [-0.2, 0) is 0 Å². The van der Waals surface area contributed by atoms with Crippen molar-refractivity contribution in [2.75, 3.05) is 30.8 Å². The zero-order valence-electron chi connectivity index (χ0n) is 16.9. The second-order valence-corrected chi connectivity index (χ2v) is 7.91. The molecule has 1 saturated heterocycles. The van der Waals surface area contributed by atoms with Crippen molar-refractivity contribution in [3.8, 4) is 5.75 Å². The Balaban J connectivity index is 1.56. The van der Waals surface area contributed by atoms with E-state index in [1.165, 1.54) is 5.56 Å². The Labute approximate surface area is 171 Å². The van der Waals surface area contributed by atoms with Gasteiger partial charge in [0, 0.05) is 23.9 Å². The fourth-order valence-corrected chi connectivity index (χ4v) is 4.14. The summed E-state index contributed by atoms with van der Waals surface area (Å²) >= 11 is 0. The summed E-state index contributed by atoms with van der Waals surface area (Å²) in [7, 11) is 1.62. The van der Waals surface area contributed by atoms with Crippen LogP contribution in [0, 0.1) is 0 Å². The first-order valence-corrected chi connectivity index (χ1v) is 10.5. The van der Waals surface area contributed by atoms with Crippen molar-refractivity contribution in [2.45, 2.75) is 56.6 Å². The topological polar surface area (TPSA) is 104 Å². The van der Waals surface area contributed by atoms with Crippen LogP contribution in [0.2, 0.25) is 0 Å². The van der Waals surface area contributed by atoms with Crippen molar-refractivity contribution in [1.29, 1.82) is 0 Å². The van der Waals surface area contributed by atoms with E-state index in [4.69, 9.17) is 9.72 Å². The molecule has 0 atom stereocenters. The lowest BCUT2D eigenvalue weighted by Gasteiger charge is -2.29. The number of hydrogen-bond donors (Lipinski definition) is 4. The standard InChI is InChI=1S/C21H30N6O2/c1-29-18-10-16(11-23-12-18)26-21-24-13-19(14-6-8-22-9-7-14)20(27-21)25-15-2-4-17(28)5-3-15/h10-15,17,22,28H,2-9H2,1H3,(H2,24,25,26,27)/t15-,17-. The minimum Gasteiger partial charge on any atom is -0.495 e. The van der Waals surface area contributed by atoms with Crippen molar-refractivity contribution in [2.24, 2.45) is 0 Å². The van der Waals surface area contributed by atoms with E-state index in [1.54, 1.807) is 19.5 Å². The molecule has 2 aromatic heterocycles. The third-order valence-corrected chi connectivity index (χ3v) is 5.84. The van der Waals surface area contributed by atoms with Gasteiger partial charge in [-0.05, 0) is 57.5 Å². The maximum Gasteiger partial charge on any atom is 0.229 e. The molecule has 0 unspecified atom stereocenters. The summed E-state index contributed by atoms with van der Waals surface area (Å²) < 4.78 is 5.24. The van der Waals surface area contributed by atoms with E-state index >= 15 is 0 Å². The van der Waals surface area contributed by atoms with E-state index in [2.05, 4.69) is 25.9 Å². The Morgan fingerprint density at radius 3 is 2.62 bits per heavy atom. The van der Waals surface area contributed by atoms with E-state index in [1.807, 2.05) is 12.3 Å². The summed E-state index contributed by atoms with van der Waals surface area (Å²) in [5, 5.41) is 20.1. The number of anilines is 3. The van der Waals surface area contributed by atoms with Crippen LogP contribution in [0.25, 0.3) is 0 Å². The molecule has 156 valence electrons. The van der Waals surface area contributed by atoms with Crippen molar-refractivity contribution >= 4 is 17.5 Å². The van der Waals surface area contributed by atoms with Crippen LogP contribution in [0.1, 0.15) is 50.0 Å². The zero-order chi connectivity index (χ0) is 20.1. The molecule has 0 radical (unpaired) electrons. The fourth-order valence-electron chi connectivity index (χ4n) is 4.14. The number of aliphatic hydroxyl groups is 1. The number of hydrogen-bond acceptors (Lipinski definition) is 8. The van der Waals surface area contributed by atoms with Crippen LogP contribution < -0.4 is 20.7 Å². The highest BCUT2D eigenvalue weighted by Crippen LogP contribution is 2.32. The van der Waals surface area contributed by atoms with Crippen LogP contribution in [0.4, 0.5) is 17.5 Å². The van der Waals surface area contributed by atoms with Crippen LogP contribution in [0.5, 0.6) is 5.75 Å². The van der Waals surface area contributed by atoms with Gasteiger partial charge >= 0.3 is 0 Å². The highest BCUT2D eigenvalue weighted by atomic mass is 16.5. The largest absolute Gasteiger partial charge is 0.495 e. The first-order valence-electron chi connectivity index (χ1n) is 10.5. The second kappa shape index (κ2) is 9.37. The van der Waals surface area contributed by atoms with E-state index in [-0.39, 0.29) is 6.10 Å². The number of methoxy groups -OCH3 is 1. The monoisotopic (exact) mass is 398 g/mol. The summed E-state index contributed by atoms with van der Waals surface area (Å²) in [6.45, 7) is 2.05. The molecule has 0 amide bonds. The molecule has 8 nitrogen and oxygen atoms in total. The molecular formula is C21H30N6O2. The number of ether oxygens (including phenoxy) is 1. The lowest BCUT2D eigenvalue weighted by atomic mass is 9.90. The van der Waals surface area contributed by atoms with E-state index < -0.39 is 0 Å². The first-order chi connectivity index (χ1) is 14.2. The summed E-state index contributed by atoms with van der Waals surface area (Å²) in [4.78, 5) is 13.6. The highest BCUT2D eigenvalue weighted by molar-refractivity contribution is 5.57. The van der Waals surface area contributed by atoms with Gasteiger partial charge in [0.05, 0.1) is 31.3 Å². The average molecular weight is 399 g/mol. The molecule has 8 heteroatoms. The fraction of sp³-hybridized carbons (Fsp3) is 0.571. The lowest BCUT2D eigenvalue weighted by molar-refractivity contribution is 0.126. The first kappa shape index (κ1) is 19.8. The molecule has 4 rings (SSSR count). The molecule has 4 N–H and O–H groups in total. The molecule has 29 heavy (non-hydrogen) atoms. The molecule has 2 fully saturated rings. The SMILES string of the molecule is COc1cncc(Nc2ncc(C3CCNCC3)c(N[C@H]3CC[C@H](O)CC3)n2)c1. The average Bonchev–Trinajstić information content (AvgIpc) is 2.76. The van der Waals surface area contributed by atoms with Gasteiger partial charge in [0.1, 0.15) is 11.6 Å². The van der Waals surface area contributed by atoms with Gasteiger partial charge in [-0.3, -0.25) is 4.98 Å². The van der Waals surface area contributed by atoms with Gasteiger partial charge in [0.15, 0.2) is 0 Å². The molecule has 0 aromatic carbocycles. The number of pyridine rings is 1. The van der Waals surface area contributed by atoms with E-state index in [9.17, 15) is 5.11 Å². The smallest absolute Gasteiger partial charge is 0.229 e. The van der Waals surface area contributed by atoms with E-state index in [0.717, 1.165) is 63.1 Å². The van der Waals surface area contributed by atoms with Gasteiger partial charge in [0.2, 0.25) is 5.95 Å². The number of aromatic nitrogens is 3. The predicted octanol–water partition coefficient (Wildman–Crippen LogP) is 2.81. The third kappa shape index (κ3) is 5.13. The Bertz CT molecular complexity index is 804. The van der Waals surface area contributed by atoms with Crippen molar-refractivity contribution in [1.82, 2.24) is 20.3 Å². The molecule has 1 aliphatic heterocycles. The summed E-state index contributed by atoms with van der Waals surface area (Å²) in [6, 6.07) is 2.20. The Kier molecular flexibility index (Phi) is 6.41. The minimum absolute atomic E-state index is 0.167. The normalized spacial score (nSPS) is 22.8. The molecule has 0 spiro atoms. The minimum atomic E-state index is -0.167. The molecule has 3 heterocycles. The maximum atomic E-state index is 9.82. The maximum absolute atomic E-state index is 9.82. The van der Waals surface area contributed by atoms with Crippen LogP contribution in [-0.4, -0.2) is 52.4 Å². The van der Waals surface area contributed by atoms with Crippen molar-refractivity contribution in [3.05, 3.63) is 30.2 Å². The van der Waals surface area contributed by atoms with Crippen LogP contribution in [0.15, 0.2) is 24.7 Å². The highest BCUT2D eigenvalue weighted by Gasteiger charge is 2.24. The Morgan fingerprint density at radius 1 is 1.07 bits per heavy atom. The Hall–Kier alpha value is -2.45. The molecule has 2 aromatic rings. The van der Waals surface area contributed by atoms with Crippen LogP contribution in [0.3, 0.4) is 0 Å². The number of nitrogens with one attached hydrogen (secondary N) is 3. The number of piperidine rings is 1. The number of rotatable bonds is 6. The summed E-state index contributed by atoms with van der Waals surface area (Å²) in [6.07, 6.45) is 11.0. The lowest BCUT2D eigenvalue weighted by Crippen LogP contribution is -2.30. The Morgan fingerprint density at radius 2 is 1.86 bits per heavy atom. The molecular weight excluding hydrogens is 368 g/mol.